The smallest absolute Gasteiger partial charge is 0.269 e. The number of aromatic nitrogens is 1. The number of ether oxygens (including phenoxy) is 1. The molecular weight excluding hydrogens is 332 g/mol. The van der Waals surface area contributed by atoms with Gasteiger partial charge in [0.1, 0.15) is 11.5 Å². The molecular formula is C16H18N2O5S. The molecule has 0 aliphatic rings. The zero-order chi connectivity index (χ0) is 17.9. The molecule has 0 spiro atoms. The van der Waals surface area contributed by atoms with Crippen molar-refractivity contribution in [3.8, 4) is 17.2 Å². The first-order chi connectivity index (χ1) is 11.2. The lowest BCUT2D eigenvalue weighted by molar-refractivity contribution is -0.128. The molecule has 0 atom stereocenters. The molecule has 0 unspecified atom stereocenters. The van der Waals surface area contributed by atoms with Gasteiger partial charge in [0.2, 0.25) is 0 Å². The number of phenolic OH excluding ortho intramolecular Hbond substituents is 2. The lowest BCUT2D eigenvalue weighted by Crippen LogP contribution is -2.42. The first kappa shape index (κ1) is 17.7. The largest absolute Gasteiger partial charge is 0.504 e. The van der Waals surface area contributed by atoms with Gasteiger partial charge in [-0.3, -0.25) is 14.9 Å². The standard InChI is InChI=1S/C16H18N2O5S/c1-9(19)6-10-8-24-15(17-10)18-14(22)16(2,3)23-11-4-5-12(20)13(21)7-11/h4-5,7-8,20-21H,6H2,1-3H3,(H,17,18,22). The fourth-order valence-corrected chi connectivity index (χ4v) is 2.56. The highest BCUT2D eigenvalue weighted by molar-refractivity contribution is 7.13. The highest BCUT2D eigenvalue weighted by Gasteiger charge is 2.31. The number of hydrogen-bond acceptors (Lipinski definition) is 7. The summed E-state index contributed by atoms with van der Waals surface area (Å²) in [5, 5.41) is 23.5. The SMILES string of the molecule is CC(=O)Cc1csc(NC(=O)C(C)(C)Oc2ccc(O)c(O)c2)n1. The van der Waals surface area contributed by atoms with Crippen LogP contribution in [-0.2, 0) is 16.0 Å². The van der Waals surface area contributed by atoms with Crippen LogP contribution in [0.5, 0.6) is 17.2 Å². The molecule has 1 amide bonds. The number of carbonyl (C=O) groups is 2. The van der Waals surface area contributed by atoms with Crippen LogP contribution in [0.3, 0.4) is 0 Å². The average Bonchev–Trinajstić information content (AvgIpc) is 2.89. The number of rotatable bonds is 6. The predicted molar refractivity (Wildman–Crippen MR) is 89.6 cm³/mol. The second-order valence-electron chi connectivity index (χ2n) is 5.74. The van der Waals surface area contributed by atoms with Crippen LogP contribution in [0.15, 0.2) is 23.6 Å². The Hall–Kier alpha value is -2.61. The van der Waals surface area contributed by atoms with Gasteiger partial charge in [-0.2, -0.15) is 0 Å². The summed E-state index contributed by atoms with van der Waals surface area (Å²) in [5.41, 5.74) is -0.638. The summed E-state index contributed by atoms with van der Waals surface area (Å²) in [6.45, 7) is 4.61. The Morgan fingerprint density at radius 3 is 2.62 bits per heavy atom. The maximum Gasteiger partial charge on any atom is 0.269 e. The number of carbonyl (C=O) groups excluding carboxylic acids is 2. The van der Waals surface area contributed by atoms with Gasteiger partial charge in [0.25, 0.3) is 5.91 Å². The van der Waals surface area contributed by atoms with Crippen LogP contribution < -0.4 is 10.1 Å². The van der Waals surface area contributed by atoms with Crippen molar-refractivity contribution >= 4 is 28.2 Å². The average molecular weight is 350 g/mol. The number of aromatic hydroxyl groups is 2. The fraction of sp³-hybridized carbons (Fsp3) is 0.312. The third-order valence-electron chi connectivity index (χ3n) is 3.07. The number of amides is 1. The van der Waals surface area contributed by atoms with Gasteiger partial charge in [-0.25, -0.2) is 4.98 Å². The quantitative estimate of drug-likeness (QED) is 0.691. The van der Waals surface area contributed by atoms with Crippen LogP contribution in [0.1, 0.15) is 26.5 Å². The zero-order valence-electron chi connectivity index (χ0n) is 13.5. The lowest BCUT2D eigenvalue weighted by Gasteiger charge is -2.24. The molecule has 0 saturated heterocycles. The van der Waals surface area contributed by atoms with Crippen molar-refractivity contribution in [1.82, 2.24) is 4.98 Å². The van der Waals surface area contributed by atoms with Gasteiger partial charge < -0.3 is 14.9 Å². The molecule has 3 N–H and O–H groups in total. The van der Waals surface area contributed by atoms with E-state index >= 15 is 0 Å². The van der Waals surface area contributed by atoms with Gasteiger partial charge in [0.05, 0.1) is 5.69 Å². The number of phenols is 2. The molecule has 24 heavy (non-hydrogen) atoms. The highest BCUT2D eigenvalue weighted by atomic mass is 32.1. The predicted octanol–water partition coefficient (Wildman–Crippen LogP) is 2.48. The van der Waals surface area contributed by atoms with Crippen LogP contribution in [0.25, 0.3) is 0 Å². The summed E-state index contributed by atoms with van der Waals surface area (Å²) in [7, 11) is 0. The Morgan fingerprint density at radius 1 is 1.29 bits per heavy atom. The summed E-state index contributed by atoms with van der Waals surface area (Å²) >= 11 is 1.22. The maximum absolute atomic E-state index is 12.4. The van der Waals surface area contributed by atoms with Gasteiger partial charge >= 0.3 is 0 Å². The minimum atomic E-state index is -1.24. The summed E-state index contributed by atoms with van der Waals surface area (Å²) in [4.78, 5) is 27.6. The monoisotopic (exact) mass is 350 g/mol. The normalized spacial score (nSPS) is 11.1. The highest BCUT2D eigenvalue weighted by Crippen LogP contribution is 2.31. The van der Waals surface area contributed by atoms with Crippen LogP contribution >= 0.6 is 11.3 Å². The minimum Gasteiger partial charge on any atom is -0.504 e. The molecule has 0 bridgehead atoms. The van der Waals surface area contributed by atoms with Crippen LogP contribution in [0, 0.1) is 0 Å². The summed E-state index contributed by atoms with van der Waals surface area (Å²) < 4.78 is 5.58. The fourth-order valence-electron chi connectivity index (χ4n) is 1.86. The molecule has 1 aromatic carbocycles. The topological polar surface area (TPSA) is 109 Å². The Labute approximate surface area is 142 Å². The number of thiazole rings is 1. The van der Waals surface area contributed by atoms with Crippen molar-refractivity contribution in [2.75, 3.05) is 5.32 Å². The first-order valence-electron chi connectivity index (χ1n) is 7.13. The molecule has 0 saturated carbocycles. The van der Waals surface area contributed by atoms with Gasteiger partial charge in [-0.15, -0.1) is 11.3 Å². The molecule has 128 valence electrons. The zero-order valence-corrected chi connectivity index (χ0v) is 14.3. The van der Waals surface area contributed by atoms with Gasteiger partial charge in [0, 0.05) is 17.9 Å². The Bertz CT molecular complexity index is 770. The van der Waals surface area contributed by atoms with Crippen LogP contribution in [-0.4, -0.2) is 32.5 Å². The van der Waals surface area contributed by atoms with E-state index in [1.54, 1.807) is 19.2 Å². The second kappa shape index (κ2) is 6.88. The third-order valence-corrected chi connectivity index (χ3v) is 3.88. The van der Waals surface area contributed by atoms with E-state index in [1.807, 2.05) is 0 Å². The Morgan fingerprint density at radius 2 is 2.00 bits per heavy atom. The molecule has 1 aromatic heterocycles. The number of Topliss-reactive ketones (excluding diaryl/α,β-unsaturated/α-hetero) is 1. The van der Waals surface area contributed by atoms with E-state index < -0.39 is 11.5 Å². The van der Waals surface area contributed by atoms with Gasteiger partial charge in [-0.05, 0) is 32.9 Å². The van der Waals surface area contributed by atoms with Crippen molar-refractivity contribution in [1.29, 1.82) is 0 Å². The van der Waals surface area contributed by atoms with E-state index in [2.05, 4.69) is 10.3 Å². The molecule has 7 nitrogen and oxygen atoms in total. The van der Waals surface area contributed by atoms with E-state index in [0.717, 1.165) is 0 Å². The number of hydrogen-bond donors (Lipinski definition) is 3. The lowest BCUT2D eigenvalue weighted by atomic mass is 10.1. The Kier molecular flexibility index (Phi) is 5.08. The number of anilines is 1. The molecule has 0 aliphatic heterocycles. The van der Waals surface area contributed by atoms with Gasteiger partial charge in [-0.1, -0.05) is 0 Å². The molecule has 2 aromatic rings. The Balaban J connectivity index is 2.05. The van der Waals surface area contributed by atoms with Crippen molar-refractivity contribution in [3.05, 3.63) is 29.3 Å². The second-order valence-corrected chi connectivity index (χ2v) is 6.60. The van der Waals surface area contributed by atoms with Crippen molar-refractivity contribution in [2.45, 2.75) is 32.8 Å². The molecule has 0 fully saturated rings. The van der Waals surface area contributed by atoms with Crippen molar-refractivity contribution in [3.63, 3.8) is 0 Å². The number of nitrogens with one attached hydrogen (secondary N) is 1. The van der Waals surface area contributed by atoms with E-state index in [4.69, 9.17) is 4.74 Å². The van der Waals surface area contributed by atoms with Crippen molar-refractivity contribution in [2.24, 2.45) is 0 Å². The first-order valence-corrected chi connectivity index (χ1v) is 8.01. The van der Waals surface area contributed by atoms with E-state index in [0.29, 0.717) is 10.8 Å². The molecule has 8 heteroatoms. The molecule has 0 aliphatic carbocycles. The summed E-state index contributed by atoms with van der Waals surface area (Å²) in [6.07, 6.45) is 0.221. The third kappa shape index (κ3) is 4.45. The van der Waals surface area contributed by atoms with E-state index in [1.165, 1.54) is 36.5 Å². The number of nitrogens with zero attached hydrogens (tertiary/aromatic N) is 1. The number of ketones is 1. The van der Waals surface area contributed by atoms with Crippen molar-refractivity contribution < 1.29 is 24.5 Å². The summed E-state index contributed by atoms with van der Waals surface area (Å²) in [6, 6.07) is 3.94. The minimum absolute atomic E-state index is 0.00558. The van der Waals surface area contributed by atoms with Gasteiger partial charge in [0.15, 0.2) is 22.2 Å². The van der Waals surface area contributed by atoms with E-state index in [-0.39, 0.29) is 29.5 Å². The van der Waals surface area contributed by atoms with Crippen LogP contribution in [0.2, 0.25) is 0 Å². The number of benzene rings is 1. The van der Waals surface area contributed by atoms with E-state index in [9.17, 15) is 19.8 Å². The molecule has 0 radical (unpaired) electrons. The van der Waals surface area contributed by atoms with Crippen LogP contribution in [0.4, 0.5) is 5.13 Å². The molecule has 2 rings (SSSR count). The maximum atomic E-state index is 12.4. The molecule has 1 heterocycles. The summed E-state index contributed by atoms with van der Waals surface area (Å²) in [5.74, 6) is -0.808.